The highest BCUT2D eigenvalue weighted by molar-refractivity contribution is 7.90. The molecule has 0 radical (unpaired) electrons. The van der Waals surface area contributed by atoms with E-state index in [4.69, 9.17) is 0 Å². The van der Waals surface area contributed by atoms with Gasteiger partial charge in [-0.25, -0.2) is 8.42 Å². The van der Waals surface area contributed by atoms with Crippen molar-refractivity contribution in [1.29, 1.82) is 0 Å². The highest BCUT2D eigenvalue weighted by Crippen LogP contribution is 2.31. The molecule has 1 heterocycles. The molecule has 1 N–H and O–H groups in total. The molecule has 0 aliphatic rings. The number of sulfone groups is 1. The van der Waals surface area contributed by atoms with Crippen molar-refractivity contribution in [3.05, 3.63) is 21.9 Å². The maximum atomic E-state index is 11.0. The molecule has 1 rings (SSSR count). The Hall–Kier alpha value is -0.390. The topological polar surface area (TPSA) is 54.4 Å². The van der Waals surface area contributed by atoms with Gasteiger partial charge in [-0.05, 0) is 37.3 Å². The first-order chi connectivity index (χ1) is 6.72. The molecule has 15 heavy (non-hydrogen) atoms. The van der Waals surface area contributed by atoms with Crippen molar-refractivity contribution in [3.63, 3.8) is 0 Å². The van der Waals surface area contributed by atoms with Crippen molar-refractivity contribution in [3.8, 4) is 0 Å². The van der Waals surface area contributed by atoms with Crippen molar-refractivity contribution in [2.75, 3.05) is 12.0 Å². The highest BCUT2D eigenvalue weighted by Gasteiger charge is 2.27. The third-order valence-electron chi connectivity index (χ3n) is 2.31. The van der Waals surface area contributed by atoms with Crippen LogP contribution in [0.4, 0.5) is 0 Å². The Morgan fingerprint density at radius 3 is 2.53 bits per heavy atom. The van der Waals surface area contributed by atoms with Crippen LogP contribution >= 0.6 is 11.3 Å². The van der Waals surface area contributed by atoms with Crippen LogP contribution in [-0.2, 0) is 15.4 Å². The minimum absolute atomic E-state index is 0.0112. The van der Waals surface area contributed by atoms with Gasteiger partial charge < -0.3 is 5.11 Å². The van der Waals surface area contributed by atoms with Gasteiger partial charge >= 0.3 is 0 Å². The van der Waals surface area contributed by atoms with Crippen molar-refractivity contribution >= 4 is 21.2 Å². The summed E-state index contributed by atoms with van der Waals surface area (Å²) in [6, 6.07) is 1.93. The van der Waals surface area contributed by atoms with Gasteiger partial charge in [0.25, 0.3) is 0 Å². The molecule has 86 valence electrons. The average Bonchev–Trinajstić information content (AvgIpc) is 2.47. The van der Waals surface area contributed by atoms with E-state index >= 15 is 0 Å². The molecular weight excluding hydrogens is 232 g/mol. The van der Waals surface area contributed by atoms with Gasteiger partial charge in [-0.2, -0.15) is 0 Å². The van der Waals surface area contributed by atoms with Crippen molar-refractivity contribution in [1.82, 2.24) is 0 Å². The lowest BCUT2D eigenvalue weighted by Crippen LogP contribution is -2.24. The quantitative estimate of drug-likeness (QED) is 0.882. The average molecular weight is 248 g/mol. The summed E-state index contributed by atoms with van der Waals surface area (Å²) >= 11 is 1.46. The van der Waals surface area contributed by atoms with E-state index in [1.165, 1.54) is 17.6 Å². The molecule has 1 unspecified atom stereocenters. The van der Waals surface area contributed by atoms with E-state index in [1.807, 2.05) is 18.4 Å². The summed E-state index contributed by atoms with van der Waals surface area (Å²) in [6.45, 7) is 3.58. The molecule has 1 atom stereocenters. The number of hydrogen-bond donors (Lipinski definition) is 1. The van der Waals surface area contributed by atoms with Crippen LogP contribution in [0.15, 0.2) is 11.4 Å². The van der Waals surface area contributed by atoms with Gasteiger partial charge in [0.15, 0.2) is 0 Å². The fourth-order valence-corrected chi connectivity index (χ4v) is 3.21. The normalized spacial score (nSPS) is 16.3. The summed E-state index contributed by atoms with van der Waals surface area (Å²) in [6.07, 6.45) is 1.43. The lowest BCUT2D eigenvalue weighted by Gasteiger charge is -2.22. The van der Waals surface area contributed by atoms with Crippen molar-refractivity contribution in [2.24, 2.45) is 0 Å². The van der Waals surface area contributed by atoms with Crippen LogP contribution in [0.5, 0.6) is 0 Å². The Labute approximate surface area is 94.7 Å². The predicted octanol–water partition coefficient (Wildman–Crippen LogP) is 1.70. The Bertz CT molecular complexity index is 429. The zero-order chi connectivity index (χ0) is 11.7. The van der Waals surface area contributed by atoms with Crippen molar-refractivity contribution in [2.45, 2.75) is 25.9 Å². The van der Waals surface area contributed by atoms with Gasteiger partial charge in [-0.1, -0.05) is 0 Å². The fraction of sp³-hybridized carbons (Fsp3) is 0.600. The number of aryl methyl sites for hydroxylation is 1. The van der Waals surface area contributed by atoms with Crippen LogP contribution in [0.2, 0.25) is 0 Å². The maximum Gasteiger partial charge on any atom is 0.147 e. The van der Waals surface area contributed by atoms with Crippen LogP contribution in [-0.4, -0.2) is 25.5 Å². The molecule has 1 aromatic rings. The maximum absolute atomic E-state index is 11.0. The molecule has 0 bridgehead atoms. The van der Waals surface area contributed by atoms with Gasteiger partial charge in [-0.15, -0.1) is 11.3 Å². The zero-order valence-corrected chi connectivity index (χ0v) is 10.8. The highest BCUT2D eigenvalue weighted by atomic mass is 32.2. The van der Waals surface area contributed by atoms with E-state index in [-0.39, 0.29) is 12.2 Å². The van der Waals surface area contributed by atoms with Gasteiger partial charge in [0.2, 0.25) is 0 Å². The van der Waals surface area contributed by atoms with Crippen LogP contribution < -0.4 is 0 Å². The van der Waals surface area contributed by atoms with Crippen molar-refractivity contribution < 1.29 is 13.5 Å². The van der Waals surface area contributed by atoms with Crippen LogP contribution in [0.25, 0.3) is 0 Å². The smallest absolute Gasteiger partial charge is 0.147 e. The number of thiophene rings is 1. The van der Waals surface area contributed by atoms with E-state index in [0.29, 0.717) is 0 Å². The Balaban J connectivity index is 2.81. The summed E-state index contributed by atoms with van der Waals surface area (Å²) in [5.41, 5.74) is -0.0278. The Kier molecular flexibility index (Phi) is 3.58. The fourth-order valence-electron chi connectivity index (χ4n) is 1.42. The molecule has 5 heteroatoms. The third-order valence-corrected chi connectivity index (χ3v) is 4.53. The third kappa shape index (κ3) is 3.59. The monoisotopic (exact) mass is 248 g/mol. The van der Waals surface area contributed by atoms with E-state index < -0.39 is 15.4 Å². The SMILES string of the molecule is Cc1ccsc1C(C)(O)CCS(C)(=O)=O. The summed E-state index contributed by atoms with van der Waals surface area (Å²) in [5, 5.41) is 12.1. The molecule has 1 aromatic heterocycles. The molecule has 0 spiro atoms. The summed E-state index contributed by atoms with van der Waals surface area (Å²) in [7, 11) is -3.02. The number of hydrogen-bond acceptors (Lipinski definition) is 4. The first kappa shape index (κ1) is 12.7. The lowest BCUT2D eigenvalue weighted by atomic mass is 9.99. The molecule has 0 aliphatic carbocycles. The summed E-state index contributed by atoms with van der Waals surface area (Å²) in [5.74, 6) is 0.0112. The Morgan fingerprint density at radius 1 is 1.53 bits per heavy atom. The van der Waals surface area contributed by atoms with Gasteiger partial charge in [-0.3, -0.25) is 0 Å². The first-order valence-corrected chi connectivity index (χ1v) is 7.61. The second kappa shape index (κ2) is 4.23. The zero-order valence-electron chi connectivity index (χ0n) is 9.15. The van der Waals surface area contributed by atoms with E-state index in [9.17, 15) is 13.5 Å². The predicted molar refractivity (Wildman–Crippen MR) is 63.0 cm³/mol. The van der Waals surface area contributed by atoms with E-state index in [2.05, 4.69) is 0 Å². The van der Waals surface area contributed by atoms with Gasteiger partial charge in [0.1, 0.15) is 9.84 Å². The van der Waals surface area contributed by atoms with Crippen LogP contribution in [0, 0.1) is 6.92 Å². The molecule has 0 saturated carbocycles. The van der Waals surface area contributed by atoms with Crippen LogP contribution in [0.1, 0.15) is 23.8 Å². The molecule has 0 aliphatic heterocycles. The second-order valence-electron chi connectivity index (χ2n) is 4.09. The Morgan fingerprint density at radius 2 is 2.13 bits per heavy atom. The minimum atomic E-state index is -3.02. The number of aliphatic hydroxyl groups is 1. The molecular formula is C10H16O3S2. The summed E-state index contributed by atoms with van der Waals surface area (Å²) in [4.78, 5) is 0.853. The van der Waals surface area contributed by atoms with Crippen LogP contribution in [0.3, 0.4) is 0 Å². The van der Waals surface area contributed by atoms with Gasteiger partial charge in [0, 0.05) is 11.1 Å². The van der Waals surface area contributed by atoms with E-state index in [1.54, 1.807) is 6.92 Å². The molecule has 3 nitrogen and oxygen atoms in total. The standard InChI is InChI=1S/C10H16O3S2/c1-8-4-6-14-9(8)10(2,11)5-7-15(3,12)13/h4,6,11H,5,7H2,1-3H3. The molecule has 0 amide bonds. The molecule has 0 aromatic carbocycles. The second-order valence-corrected chi connectivity index (χ2v) is 7.26. The molecule has 0 saturated heterocycles. The molecule has 0 fully saturated rings. The van der Waals surface area contributed by atoms with E-state index in [0.717, 1.165) is 10.4 Å². The largest absolute Gasteiger partial charge is 0.385 e. The number of rotatable bonds is 4. The summed E-state index contributed by atoms with van der Waals surface area (Å²) < 4.78 is 22.0. The minimum Gasteiger partial charge on any atom is -0.385 e. The first-order valence-electron chi connectivity index (χ1n) is 4.67. The van der Waals surface area contributed by atoms with Gasteiger partial charge in [0.05, 0.1) is 11.4 Å². The lowest BCUT2D eigenvalue weighted by molar-refractivity contribution is 0.0571.